The maximum absolute atomic E-state index is 9.91. The average Bonchev–Trinajstić information content (AvgIpc) is 2.54. The third kappa shape index (κ3) is 2.11. The summed E-state index contributed by atoms with van der Waals surface area (Å²) in [5.74, 6) is 0. The predicted octanol–water partition coefficient (Wildman–Crippen LogP) is -0.110. The van der Waals surface area contributed by atoms with Gasteiger partial charge in [-0.2, -0.15) is 5.10 Å². The Morgan fingerprint density at radius 1 is 1.56 bits per heavy atom. The molecular weight excluding hydrogens is 204 g/mol. The molecule has 0 radical (unpaired) electrons. The van der Waals surface area contributed by atoms with Gasteiger partial charge in [-0.25, -0.2) is 0 Å². The van der Waals surface area contributed by atoms with Crippen molar-refractivity contribution in [1.82, 2.24) is 20.0 Å². The predicted molar refractivity (Wildman–Crippen MR) is 62.2 cm³/mol. The number of aliphatic hydroxyl groups excluding tert-OH is 1. The maximum atomic E-state index is 9.91. The first-order valence-corrected chi connectivity index (χ1v) is 5.69. The average molecular weight is 224 g/mol. The first-order chi connectivity index (χ1) is 7.59. The molecule has 1 aromatic rings. The van der Waals surface area contributed by atoms with Gasteiger partial charge in [0.25, 0.3) is 0 Å². The minimum Gasteiger partial charge on any atom is -0.387 e. The van der Waals surface area contributed by atoms with E-state index in [1.54, 1.807) is 0 Å². The zero-order chi connectivity index (χ0) is 11.7. The molecule has 0 fully saturated rings. The molecule has 1 atom stereocenters. The molecule has 2 heterocycles. The second kappa shape index (κ2) is 4.53. The first kappa shape index (κ1) is 11.6. The Hall–Kier alpha value is -0.910. The van der Waals surface area contributed by atoms with Crippen LogP contribution in [-0.4, -0.2) is 47.0 Å². The minimum atomic E-state index is -0.406. The highest BCUT2D eigenvalue weighted by molar-refractivity contribution is 5.30. The molecule has 5 heteroatoms. The van der Waals surface area contributed by atoms with E-state index in [0.29, 0.717) is 6.54 Å². The van der Waals surface area contributed by atoms with Crippen LogP contribution < -0.4 is 5.32 Å². The Bertz CT molecular complexity index is 372. The van der Waals surface area contributed by atoms with Crippen LogP contribution in [0.15, 0.2) is 0 Å². The third-order valence-electron chi connectivity index (χ3n) is 3.05. The van der Waals surface area contributed by atoms with Gasteiger partial charge >= 0.3 is 0 Å². The van der Waals surface area contributed by atoms with E-state index in [1.807, 2.05) is 11.6 Å². The van der Waals surface area contributed by atoms with Gasteiger partial charge in [0.1, 0.15) is 0 Å². The van der Waals surface area contributed by atoms with Crippen molar-refractivity contribution in [1.29, 1.82) is 0 Å². The molecule has 0 spiro atoms. The van der Waals surface area contributed by atoms with Crippen molar-refractivity contribution in [3.05, 3.63) is 17.0 Å². The molecule has 0 aliphatic carbocycles. The number of hydrogen-bond acceptors (Lipinski definition) is 4. The van der Waals surface area contributed by atoms with Crippen molar-refractivity contribution in [2.75, 3.05) is 27.2 Å². The van der Waals surface area contributed by atoms with E-state index in [0.717, 1.165) is 36.6 Å². The van der Waals surface area contributed by atoms with Crippen LogP contribution in [0.25, 0.3) is 0 Å². The summed E-state index contributed by atoms with van der Waals surface area (Å²) in [6.45, 7) is 5.27. The highest BCUT2D eigenvalue weighted by atomic mass is 16.3. The Morgan fingerprint density at radius 3 is 2.94 bits per heavy atom. The van der Waals surface area contributed by atoms with Crippen LogP contribution in [-0.2, 0) is 13.1 Å². The number of aliphatic hydroxyl groups is 1. The fourth-order valence-electron chi connectivity index (χ4n) is 2.13. The Labute approximate surface area is 96.1 Å². The molecule has 1 unspecified atom stereocenters. The van der Waals surface area contributed by atoms with E-state index in [9.17, 15) is 5.11 Å². The summed E-state index contributed by atoms with van der Waals surface area (Å²) in [5, 5.41) is 17.6. The summed E-state index contributed by atoms with van der Waals surface area (Å²) in [5.41, 5.74) is 3.12. The van der Waals surface area contributed by atoms with E-state index >= 15 is 0 Å². The molecular formula is C11H20N4O. The molecule has 0 amide bonds. The van der Waals surface area contributed by atoms with Crippen LogP contribution in [0.2, 0.25) is 0 Å². The topological polar surface area (TPSA) is 53.3 Å². The van der Waals surface area contributed by atoms with Gasteiger partial charge in [-0.15, -0.1) is 0 Å². The van der Waals surface area contributed by atoms with E-state index in [2.05, 4.69) is 29.4 Å². The third-order valence-corrected chi connectivity index (χ3v) is 3.05. The van der Waals surface area contributed by atoms with Crippen molar-refractivity contribution in [2.45, 2.75) is 26.1 Å². The second-order valence-corrected chi connectivity index (χ2v) is 4.62. The van der Waals surface area contributed by atoms with Gasteiger partial charge in [-0.1, -0.05) is 0 Å². The summed E-state index contributed by atoms with van der Waals surface area (Å²) >= 11 is 0. The standard InChI is InChI=1S/C11H20N4O/c1-8-11-9(6-12-7-10(11)16)13-15(8)5-4-14(2)3/h10,12,16H,4-7H2,1-3H3. The van der Waals surface area contributed by atoms with Crippen LogP contribution >= 0.6 is 0 Å². The van der Waals surface area contributed by atoms with E-state index < -0.39 is 6.10 Å². The van der Waals surface area contributed by atoms with Crippen molar-refractivity contribution < 1.29 is 5.11 Å². The monoisotopic (exact) mass is 224 g/mol. The first-order valence-electron chi connectivity index (χ1n) is 5.69. The molecule has 0 saturated carbocycles. The molecule has 0 bridgehead atoms. The molecule has 1 aliphatic rings. The Balaban J connectivity index is 2.21. The Kier molecular flexibility index (Phi) is 3.28. The van der Waals surface area contributed by atoms with Gasteiger partial charge in [0.15, 0.2) is 0 Å². The minimum absolute atomic E-state index is 0.406. The number of nitrogens with zero attached hydrogens (tertiary/aromatic N) is 3. The summed E-state index contributed by atoms with van der Waals surface area (Å²) < 4.78 is 2.00. The Morgan fingerprint density at radius 2 is 2.31 bits per heavy atom. The normalized spacial score (nSPS) is 20.2. The van der Waals surface area contributed by atoms with Crippen molar-refractivity contribution in [2.24, 2.45) is 0 Å². The van der Waals surface area contributed by atoms with E-state index in [4.69, 9.17) is 0 Å². The van der Waals surface area contributed by atoms with Gasteiger partial charge in [-0.05, 0) is 21.0 Å². The lowest BCUT2D eigenvalue weighted by atomic mass is 10.0. The molecule has 0 aromatic carbocycles. The van der Waals surface area contributed by atoms with Crippen molar-refractivity contribution in [3.8, 4) is 0 Å². The summed E-state index contributed by atoms with van der Waals surface area (Å²) in [7, 11) is 4.10. The number of aromatic nitrogens is 2. The molecule has 0 saturated heterocycles. The quantitative estimate of drug-likeness (QED) is 0.752. The maximum Gasteiger partial charge on any atom is 0.0950 e. The van der Waals surface area contributed by atoms with Gasteiger partial charge in [0.05, 0.1) is 18.3 Å². The lowest BCUT2D eigenvalue weighted by Crippen LogP contribution is -2.27. The highest BCUT2D eigenvalue weighted by Gasteiger charge is 2.24. The lowest BCUT2D eigenvalue weighted by molar-refractivity contribution is 0.164. The number of hydrogen-bond donors (Lipinski definition) is 2. The molecule has 2 rings (SSSR count). The zero-order valence-corrected chi connectivity index (χ0v) is 10.2. The van der Waals surface area contributed by atoms with E-state index in [-0.39, 0.29) is 0 Å². The van der Waals surface area contributed by atoms with Crippen molar-refractivity contribution >= 4 is 0 Å². The zero-order valence-electron chi connectivity index (χ0n) is 10.2. The summed E-state index contributed by atoms with van der Waals surface area (Å²) in [4.78, 5) is 2.13. The summed E-state index contributed by atoms with van der Waals surface area (Å²) in [6, 6.07) is 0. The highest BCUT2D eigenvalue weighted by Crippen LogP contribution is 2.24. The number of β-amino-alcohol motifs (C(OH)–C–C–N with tert-alkyl or cyclic N) is 1. The number of rotatable bonds is 3. The molecule has 90 valence electrons. The molecule has 1 aliphatic heterocycles. The van der Waals surface area contributed by atoms with Crippen LogP contribution in [0.4, 0.5) is 0 Å². The number of likely N-dealkylation sites (N-methyl/N-ethyl adjacent to an activating group) is 1. The molecule has 2 N–H and O–H groups in total. The SMILES string of the molecule is Cc1c2c(nn1CCN(C)C)CNCC2O. The molecule has 16 heavy (non-hydrogen) atoms. The van der Waals surface area contributed by atoms with Gasteiger partial charge in [-0.3, -0.25) is 4.68 Å². The van der Waals surface area contributed by atoms with Crippen molar-refractivity contribution in [3.63, 3.8) is 0 Å². The number of fused-ring (bicyclic) bond motifs is 1. The summed E-state index contributed by atoms with van der Waals surface area (Å²) in [6.07, 6.45) is -0.406. The van der Waals surface area contributed by atoms with Gasteiger partial charge < -0.3 is 15.3 Å². The van der Waals surface area contributed by atoms with E-state index in [1.165, 1.54) is 0 Å². The lowest BCUT2D eigenvalue weighted by Gasteiger charge is -2.18. The van der Waals surface area contributed by atoms with Crippen LogP contribution in [0.1, 0.15) is 23.1 Å². The van der Waals surface area contributed by atoms with Crippen LogP contribution in [0.3, 0.4) is 0 Å². The fourth-order valence-corrected chi connectivity index (χ4v) is 2.13. The fraction of sp³-hybridized carbons (Fsp3) is 0.727. The number of nitrogens with one attached hydrogen (secondary N) is 1. The van der Waals surface area contributed by atoms with Gasteiger partial charge in [0.2, 0.25) is 0 Å². The second-order valence-electron chi connectivity index (χ2n) is 4.62. The smallest absolute Gasteiger partial charge is 0.0950 e. The van der Waals surface area contributed by atoms with Gasteiger partial charge in [0, 0.05) is 30.9 Å². The van der Waals surface area contributed by atoms with Crippen LogP contribution in [0, 0.1) is 6.92 Å². The molecule has 1 aromatic heterocycles. The van der Waals surface area contributed by atoms with Crippen LogP contribution in [0.5, 0.6) is 0 Å². The molecule has 5 nitrogen and oxygen atoms in total. The largest absolute Gasteiger partial charge is 0.387 e.